The molecule has 0 aliphatic heterocycles. The SMILES string of the molecule is CCOCc1ccccc1CNC(=NC)NCCc1ccc(OCC)c(OCC)c1.I. The maximum Gasteiger partial charge on any atom is 0.191 e. The summed E-state index contributed by atoms with van der Waals surface area (Å²) in [5, 5.41) is 6.76. The van der Waals surface area contributed by atoms with Gasteiger partial charge in [-0.15, -0.1) is 24.0 Å². The fourth-order valence-corrected chi connectivity index (χ4v) is 3.06. The monoisotopic (exact) mass is 541 g/mol. The normalized spacial score (nSPS) is 10.9. The number of hydrogen-bond acceptors (Lipinski definition) is 4. The van der Waals surface area contributed by atoms with Crippen molar-refractivity contribution in [2.24, 2.45) is 4.99 Å². The van der Waals surface area contributed by atoms with Crippen molar-refractivity contribution in [3.63, 3.8) is 0 Å². The molecular formula is C24H36IN3O3. The first-order valence-electron chi connectivity index (χ1n) is 10.7. The molecular weight excluding hydrogens is 505 g/mol. The van der Waals surface area contributed by atoms with Gasteiger partial charge in [0.05, 0.1) is 19.8 Å². The summed E-state index contributed by atoms with van der Waals surface area (Å²) < 4.78 is 16.9. The zero-order chi connectivity index (χ0) is 21.6. The first-order chi connectivity index (χ1) is 14.7. The summed E-state index contributed by atoms with van der Waals surface area (Å²) in [6.07, 6.45) is 0.855. The highest BCUT2D eigenvalue weighted by Gasteiger charge is 2.07. The number of halogens is 1. The van der Waals surface area contributed by atoms with Gasteiger partial charge >= 0.3 is 0 Å². The second kappa shape index (κ2) is 15.8. The standard InChI is InChI=1S/C24H35N3O3.HI/c1-5-28-18-21-11-9-8-10-20(21)17-27-24(25-4)26-15-14-19-12-13-22(29-6-2)23(16-19)30-7-3;/h8-13,16H,5-7,14-15,17-18H2,1-4H3,(H2,25,26,27);1H. The Labute approximate surface area is 203 Å². The number of rotatable bonds is 12. The molecule has 2 aromatic carbocycles. The van der Waals surface area contributed by atoms with E-state index in [0.717, 1.165) is 30.4 Å². The topological polar surface area (TPSA) is 64.1 Å². The lowest BCUT2D eigenvalue weighted by Gasteiger charge is -2.15. The first kappa shape index (κ1) is 27.0. The molecule has 0 heterocycles. The van der Waals surface area contributed by atoms with E-state index in [1.165, 1.54) is 16.7 Å². The van der Waals surface area contributed by atoms with Crippen LogP contribution in [0.2, 0.25) is 0 Å². The van der Waals surface area contributed by atoms with Gasteiger partial charge in [-0.25, -0.2) is 0 Å². The summed E-state index contributed by atoms with van der Waals surface area (Å²) in [6.45, 7) is 9.99. The van der Waals surface area contributed by atoms with Gasteiger partial charge in [0.2, 0.25) is 0 Å². The molecule has 6 nitrogen and oxygen atoms in total. The van der Waals surface area contributed by atoms with Crippen molar-refractivity contribution in [2.45, 2.75) is 40.3 Å². The van der Waals surface area contributed by atoms with E-state index in [4.69, 9.17) is 14.2 Å². The van der Waals surface area contributed by atoms with E-state index in [0.29, 0.717) is 33.0 Å². The van der Waals surface area contributed by atoms with E-state index in [2.05, 4.69) is 39.9 Å². The maximum absolute atomic E-state index is 5.71. The van der Waals surface area contributed by atoms with Crippen molar-refractivity contribution in [3.8, 4) is 11.5 Å². The molecule has 0 saturated carbocycles. The van der Waals surface area contributed by atoms with E-state index in [1.54, 1.807) is 7.05 Å². The number of nitrogens with one attached hydrogen (secondary N) is 2. The highest BCUT2D eigenvalue weighted by molar-refractivity contribution is 14.0. The van der Waals surface area contributed by atoms with Gasteiger partial charge in [-0.3, -0.25) is 4.99 Å². The smallest absolute Gasteiger partial charge is 0.191 e. The van der Waals surface area contributed by atoms with E-state index in [9.17, 15) is 0 Å². The summed E-state index contributed by atoms with van der Waals surface area (Å²) in [7, 11) is 1.78. The third-order valence-corrected chi connectivity index (χ3v) is 4.56. The molecule has 172 valence electrons. The molecule has 2 rings (SSSR count). The lowest BCUT2D eigenvalue weighted by Crippen LogP contribution is -2.38. The molecule has 2 aromatic rings. The second-order valence-corrected chi connectivity index (χ2v) is 6.66. The van der Waals surface area contributed by atoms with Crippen molar-refractivity contribution >= 4 is 29.9 Å². The number of benzene rings is 2. The summed E-state index contributed by atoms with van der Waals surface area (Å²) >= 11 is 0. The number of aliphatic imine (C=N–C) groups is 1. The average Bonchev–Trinajstić information content (AvgIpc) is 2.77. The predicted molar refractivity (Wildman–Crippen MR) is 138 cm³/mol. The van der Waals surface area contributed by atoms with Gasteiger partial charge in [0.1, 0.15) is 0 Å². The van der Waals surface area contributed by atoms with Crippen molar-refractivity contribution in [1.29, 1.82) is 0 Å². The quantitative estimate of drug-likeness (QED) is 0.235. The van der Waals surface area contributed by atoms with Crippen LogP contribution in [0.15, 0.2) is 47.5 Å². The van der Waals surface area contributed by atoms with Crippen LogP contribution in [0, 0.1) is 0 Å². The van der Waals surface area contributed by atoms with E-state index in [-0.39, 0.29) is 24.0 Å². The highest BCUT2D eigenvalue weighted by atomic mass is 127. The van der Waals surface area contributed by atoms with Crippen molar-refractivity contribution in [2.75, 3.05) is 33.4 Å². The van der Waals surface area contributed by atoms with Gasteiger partial charge in [0.25, 0.3) is 0 Å². The average molecular weight is 541 g/mol. The lowest BCUT2D eigenvalue weighted by molar-refractivity contribution is 0.133. The fraction of sp³-hybridized carbons (Fsp3) is 0.458. The molecule has 0 atom stereocenters. The summed E-state index contributed by atoms with van der Waals surface area (Å²) in [5.74, 6) is 2.36. The molecule has 0 aromatic heterocycles. The van der Waals surface area contributed by atoms with Gasteiger partial charge in [0.15, 0.2) is 17.5 Å². The molecule has 2 N–H and O–H groups in total. The minimum absolute atomic E-state index is 0. The van der Waals surface area contributed by atoms with E-state index < -0.39 is 0 Å². The predicted octanol–water partition coefficient (Wildman–Crippen LogP) is 4.55. The van der Waals surface area contributed by atoms with Gasteiger partial charge in [-0.05, 0) is 56.0 Å². The zero-order valence-corrected chi connectivity index (χ0v) is 21.4. The van der Waals surface area contributed by atoms with Crippen LogP contribution in [0.3, 0.4) is 0 Å². The number of nitrogens with zero attached hydrogens (tertiary/aromatic N) is 1. The molecule has 0 bridgehead atoms. The van der Waals surface area contributed by atoms with Crippen LogP contribution >= 0.6 is 24.0 Å². The molecule has 31 heavy (non-hydrogen) atoms. The van der Waals surface area contributed by atoms with E-state index in [1.807, 2.05) is 39.0 Å². The Morgan fingerprint density at radius 2 is 1.58 bits per heavy atom. The Kier molecular flexibility index (Phi) is 13.7. The van der Waals surface area contributed by atoms with Crippen molar-refractivity contribution in [3.05, 3.63) is 59.2 Å². The zero-order valence-electron chi connectivity index (χ0n) is 19.1. The molecule has 0 radical (unpaired) electrons. The molecule has 0 amide bonds. The largest absolute Gasteiger partial charge is 0.490 e. The van der Waals surface area contributed by atoms with Crippen LogP contribution in [-0.4, -0.2) is 39.4 Å². The number of ether oxygens (including phenoxy) is 3. The molecule has 0 aliphatic rings. The van der Waals surface area contributed by atoms with Crippen LogP contribution in [0.5, 0.6) is 11.5 Å². The van der Waals surface area contributed by atoms with Crippen LogP contribution < -0.4 is 20.1 Å². The second-order valence-electron chi connectivity index (χ2n) is 6.66. The Morgan fingerprint density at radius 1 is 0.871 bits per heavy atom. The van der Waals surface area contributed by atoms with Crippen molar-refractivity contribution < 1.29 is 14.2 Å². The molecule has 0 fully saturated rings. The first-order valence-corrected chi connectivity index (χ1v) is 10.7. The molecule has 7 heteroatoms. The van der Waals surface area contributed by atoms with Gasteiger partial charge in [-0.1, -0.05) is 30.3 Å². The summed E-state index contributed by atoms with van der Waals surface area (Å²) in [6, 6.07) is 14.4. The van der Waals surface area contributed by atoms with E-state index >= 15 is 0 Å². The Bertz CT molecular complexity index is 799. The summed E-state index contributed by atoms with van der Waals surface area (Å²) in [4.78, 5) is 4.33. The molecule has 0 aliphatic carbocycles. The maximum atomic E-state index is 5.71. The van der Waals surface area contributed by atoms with Crippen molar-refractivity contribution in [1.82, 2.24) is 10.6 Å². The third-order valence-electron chi connectivity index (χ3n) is 4.56. The summed E-state index contributed by atoms with van der Waals surface area (Å²) in [5.41, 5.74) is 3.59. The Morgan fingerprint density at radius 3 is 2.26 bits per heavy atom. The third kappa shape index (κ3) is 9.35. The minimum Gasteiger partial charge on any atom is -0.490 e. The minimum atomic E-state index is 0. The van der Waals surface area contributed by atoms with Crippen LogP contribution in [0.25, 0.3) is 0 Å². The van der Waals surface area contributed by atoms with Crippen LogP contribution in [0.4, 0.5) is 0 Å². The molecule has 0 spiro atoms. The van der Waals surface area contributed by atoms with Gasteiger partial charge in [0, 0.05) is 26.7 Å². The number of hydrogen-bond donors (Lipinski definition) is 2. The van der Waals surface area contributed by atoms with Gasteiger partial charge in [-0.2, -0.15) is 0 Å². The number of guanidine groups is 1. The van der Waals surface area contributed by atoms with Gasteiger partial charge < -0.3 is 24.8 Å². The lowest BCUT2D eigenvalue weighted by atomic mass is 10.1. The fourth-order valence-electron chi connectivity index (χ4n) is 3.06. The molecule has 0 unspecified atom stereocenters. The Balaban J connectivity index is 0.00000480. The van der Waals surface area contributed by atoms with Crippen LogP contribution in [-0.2, 0) is 24.3 Å². The highest BCUT2D eigenvalue weighted by Crippen LogP contribution is 2.28. The van der Waals surface area contributed by atoms with Crippen LogP contribution in [0.1, 0.15) is 37.5 Å². The molecule has 0 saturated heterocycles. The Hall–Kier alpha value is -2.00.